The highest BCUT2D eigenvalue weighted by Gasteiger charge is 2.28. The molecular formula is C14H24N6O5. The van der Waals surface area contributed by atoms with Crippen LogP contribution < -0.4 is 32.3 Å². The Labute approximate surface area is 144 Å². The molecule has 1 aliphatic heterocycles. The van der Waals surface area contributed by atoms with Gasteiger partial charge in [0.1, 0.15) is 24.2 Å². The Morgan fingerprint density at radius 2 is 0.760 bits per heavy atom. The first-order valence-corrected chi connectivity index (χ1v) is 7.80. The molecule has 5 atom stereocenters. The van der Waals surface area contributed by atoms with E-state index in [1.54, 1.807) is 0 Å². The van der Waals surface area contributed by atoms with Crippen molar-refractivity contribution in [2.75, 3.05) is 0 Å². The number of nitrogens with one attached hydrogen (secondary N) is 5. The zero-order valence-electron chi connectivity index (χ0n) is 14.5. The number of carbonyl (C=O) groups excluding carboxylic acids is 5. The third kappa shape index (κ3) is 5.71. The van der Waals surface area contributed by atoms with E-state index < -0.39 is 59.9 Å². The summed E-state index contributed by atoms with van der Waals surface area (Å²) < 4.78 is 0. The van der Waals surface area contributed by atoms with Crippen LogP contribution in [0.15, 0.2) is 0 Å². The third-order valence-electron chi connectivity index (χ3n) is 3.59. The van der Waals surface area contributed by atoms with Crippen molar-refractivity contribution in [2.45, 2.75) is 58.0 Å². The van der Waals surface area contributed by atoms with Crippen molar-refractivity contribution in [2.24, 2.45) is 5.73 Å². The zero-order chi connectivity index (χ0) is 19.3. The van der Waals surface area contributed by atoms with Gasteiger partial charge in [-0.05, 0) is 27.7 Å². The molecule has 0 saturated carbocycles. The summed E-state index contributed by atoms with van der Waals surface area (Å²) in [5.74, 6) is -3.27. The van der Waals surface area contributed by atoms with Gasteiger partial charge in [0, 0.05) is 0 Å². The lowest BCUT2D eigenvalue weighted by Crippen LogP contribution is -2.59. The van der Waals surface area contributed by atoms with Gasteiger partial charge >= 0.3 is 0 Å². The maximum absolute atomic E-state index is 12.0. The van der Waals surface area contributed by atoms with Gasteiger partial charge in [-0.15, -0.1) is 0 Å². The molecule has 0 radical (unpaired) electrons. The lowest BCUT2D eigenvalue weighted by atomic mass is 10.2. The molecule has 11 nitrogen and oxygen atoms in total. The number of hydrogen-bond donors (Lipinski definition) is 6. The predicted octanol–water partition coefficient (Wildman–Crippen LogP) is -3.58. The van der Waals surface area contributed by atoms with E-state index in [0.29, 0.717) is 0 Å². The molecule has 5 amide bonds. The second-order valence-electron chi connectivity index (χ2n) is 5.91. The molecule has 0 aromatic heterocycles. The van der Waals surface area contributed by atoms with Crippen LogP contribution in [0.3, 0.4) is 0 Å². The largest absolute Gasteiger partial charge is 0.343 e. The first kappa shape index (κ1) is 20.4. The van der Waals surface area contributed by atoms with E-state index in [-0.39, 0.29) is 0 Å². The van der Waals surface area contributed by atoms with Gasteiger partial charge in [-0.3, -0.25) is 24.0 Å². The molecule has 0 aromatic rings. The highest BCUT2D eigenvalue weighted by Crippen LogP contribution is 1.94. The summed E-state index contributed by atoms with van der Waals surface area (Å²) in [4.78, 5) is 60.0. The van der Waals surface area contributed by atoms with Crippen LogP contribution in [-0.2, 0) is 24.0 Å². The number of rotatable bonds is 0. The lowest BCUT2D eigenvalue weighted by molar-refractivity contribution is -0.133. The van der Waals surface area contributed by atoms with Crippen LogP contribution >= 0.6 is 0 Å². The van der Waals surface area contributed by atoms with Crippen LogP contribution in [0.1, 0.15) is 27.7 Å². The molecule has 140 valence electrons. The van der Waals surface area contributed by atoms with Gasteiger partial charge in [0.2, 0.25) is 23.6 Å². The van der Waals surface area contributed by atoms with E-state index in [1.807, 2.05) is 0 Å². The smallest absolute Gasteiger partial charge is 0.258 e. The van der Waals surface area contributed by atoms with Crippen LogP contribution in [0.2, 0.25) is 0 Å². The van der Waals surface area contributed by atoms with Crippen LogP contribution in [0.5, 0.6) is 0 Å². The van der Waals surface area contributed by atoms with Crippen molar-refractivity contribution in [3.63, 3.8) is 0 Å². The van der Waals surface area contributed by atoms with Gasteiger partial charge in [0.15, 0.2) is 6.17 Å². The molecule has 1 aliphatic rings. The second kappa shape index (κ2) is 8.42. The summed E-state index contributed by atoms with van der Waals surface area (Å²) in [5, 5.41) is 11.8. The molecule has 1 heterocycles. The third-order valence-corrected chi connectivity index (χ3v) is 3.59. The lowest BCUT2D eigenvalue weighted by Gasteiger charge is -2.20. The Hall–Kier alpha value is -2.69. The fourth-order valence-electron chi connectivity index (χ4n) is 1.92. The van der Waals surface area contributed by atoms with Crippen LogP contribution in [0.4, 0.5) is 0 Å². The zero-order valence-corrected chi connectivity index (χ0v) is 14.5. The topological polar surface area (TPSA) is 172 Å². The highest BCUT2D eigenvalue weighted by atomic mass is 16.2. The van der Waals surface area contributed by atoms with Crippen molar-refractivity contribution in [1.29, 1.82) is 0 Å². The van der Waals surface area contributed by atoms with Crippen molar-refractivity contribution < 1.29 is 24.0 Å². The first-order valence-electron chi connectivity index (χ1n) is 7.80. The SMILES string of the molecule is CC1NC(=O)C(C)NC(=O)C(C)NC(=O)C(N)NC(=O)C(C)NC1=O. The molecular weight excluding hydrogens is 332 g/mol. The van der Waals surface area contributed by atoms with E-state index in [2.05, 4.69) is 26.6 Å². The Kier molecular flexibility index (Phi) is 6.86. The Bertz CT molecular complexity index is 464. The number of hydrogen-bond acceptors (Lipinski definition) is 6. The molecule has 5 unspecified atom stereocenters. The molecule has 1 rings (SSSR count). The van der Waals surface area contributed by atoms with Gasteiger partial charge in [0.05, 0.1) is 0 Å². The van der Waals surface area contributed by atoms with Crippen molar-refractivity contribution in [3.05, 3.63) is 0 Å². The highest BCUT2D eigenvalue weighted by molar-refractivity contribution is 5.97. The average molecular weight is 356 g/mol. The van der Waals surface area contributed by atoms with Crippen molar-refractivity contribution >= 4 is 29.5 Å². The van der Waals surface area contributed by atoms with Crippen molar-refractivity contribution in [3.8, 4) is 0 Å². The van der Waals surface area contributed by atoms with Crippen LogP contribution in [-0.4, -0.2) is 59.9 Å². The second-order valence-corrected chi connectivity index (χ2v) is 5.91. The number of nitrogens with two attached hydrogens (primary N) is 1. The molecule has 11 heteroatoms. The van der Waals surface area contributed by atoms with E-state index in [9.17, 15) is 24.0 Å². The summed E-state index contributed by atoms with van der Waals surface area (Å²) >= 11 is 0. The van der Waals surface area contributed by atoms with Crippen LogP contribution in [0.25, 0.3) is 0 Å². The van der Waals surface area contributed by atoms with Gasteiger partial charge in [0.25, 0.3) is 5.91 Å². The molecule has 7 N–H and O–H groups in total. The molecule has 0 aliphatic carbocycles. The number of carbonyl (C=O) groups is 5. The minimum Gasteiger partial charge on any atom is -0.343 e. The van der Waals surface area contributed by atoms with E-state index in [0.717, 1.165) is 0 Å². The summed E-state index contributed by atoms with van der Waals surface area (Å²) in [5.41, 5.74) is 5.58. The van der Waals surface area contributed by atoms with Gasteiger partial charge in [-0.25, -0.2) is 0 Å². The minimum atomic E-state index is -1.40. The Morgan fingerprint density at radius 1 is 0.520 bits per heavy atom. The molecule has 25 heavy (non-hydrogen) atoms. The quantitative estimate of drug-likeness (QED) is 0.262. The summed E-state index contributed by atoms with van der Waals surface area (Å²) in [6.45, 7) is 5.68. The fraction of sp³-hybridized carbons (Fsp3) is 0.643. The minimum absolute atomic E-state index is 0.585. The molecule has 0 spiro atoms. The summed E-state index contributed by atoms with van der Waals surface area (Å²) in [6.07, 6.45) is -1.40. The van der Waals surface area contributed by atoms with E-state index in [1.165, 1.54) is 27.7 Å². The molecule has 1 fully saturated rings. The average Bonchev–Trinajstić information content (AvgIpc) is 2.53. The maximum Gasteiger partial charge on any atom is 0.258 e. The van der Waals surface area contributed by atoms with Gasteiger partial charge in [-0.2, -0.15) is 0 Å². The van der Waals surface area contributed by atoms with E-state index in [4.69, 9.17) is 5.73 Å². The van der Waals surface area contributed by atoms with E-state index >= 15 is 0 Å². The Balaban J connectivity index is 3.01. The predicted molar refractivity (Wildman–Crippen MR) is 86.5 cm³/mol. The molecule has 0 aromatic carbocycles. The summed E-state index contributed by atoms with van der Waals surface area (Å²) in [7, 11) is 0. The van der Waals surface area contributed by atoms with Gasteiger partial charge < -0.3 is 32.3 Å². The Morgan fingerprint density at radius 3 is 1.08 bits per heavy atom. The number of amides is 5. The summed E-state index contributed by atoms with van der Waals surface area (Å²) in [6, 6.07) is -3.83. The first-order chi connectivity index (χ1) is 11.5. The van der Waals surface area contributed by atoms with Crippen molar-refractivity contribution in [1.82, 2.24) is 26.6 Å². The maximum atomic E-state index is 12.0. The normalized spacial score (nSPS) is 33.0. The fourth-order valence-corrected chi connectivity index (χ4v) is 1.92. The van der Waals surface area contributed by atoms with Gasteiger partial charge in [-0.1, -0.05) is 0 Å². The molecule has 1 saturated heterocycles. The standard InChI is InChI=1S/C14H24N6O5/c1-5-10(21)16-6(2)11(22)18-8(4)13(24)20-9(15)14(25)19-7(3)12(23)17-5/h5-9H,15H2,1-4H3,(H,16,21)(H,17,23)(H,18,22)(H,19,25)(H,20,24). The molecule has 0 bridgehead atoms. The van der Waals surface area contributed by atoms with Crippen LogP contribution in [0, 0.1) is 0 Å². The monoisotopic (exact) mass is 356 g/mol.